The molecule has 0 aliphatic carbocycles. The van der Waals surface area contributed by atoms with Crippen LogP contribution >= 0.6 is 0 Å². The lowest BCUT2D eigenvalue weighted by Gasteiger charge is -2.34. The van der Waals surface area contributed by atoms with Gasteiger partial charge in [0.05, 0.1) is 13.1 Å². The number of hydrogen-bond acceptors (Lipinski definition) is 4. The molecule has 3 rings (SSSR count). The largest absolute Gasteiger partial charge is 0.334 e. The van der Waals surface area contributed by atoms with E-state index in [2.05, 4.69) is 26.3 Å². The molecule has 2 aromatic rings. The summed E-state index contributed by atoms with van der Waals surface area (Å²) in [6.45, 7) is 8.23. The van der Waals surface area contributed by atoms with Gasteiger partial charge in [-0.2, -0.15) is 0 Å². The van der Waals surface area contributed by atoms with E-state index < -0.39 is 0 Å². The van der Waals surface area contributed by atoms with Crippen LogP contribution in [0, 0.1) is 0 Å². The number of aryl methyl sites for hydroxylation is 1. The summed E-state index contributed by atoms with van der Waals surface area (Å²) in [6.07, 6.45) is 3.90. The summed E-state index contributed by atoms with van der Waals surface area (Å²) in [7, 11) is 1.85. The fourth-order valence-corrected chi connectivity index (χ4v) is 3.18. The molecule has 0 atom stereocenters. The van der Waals surface area contributed by atoms with Crippen molar-refractivity contribution in [2.45, 2.75) is 20.0 Å². The number of para-hydroxylation sites is 1. The first-order chi connectivity index (χ1) is 12.2. The van der Waals surface area contributed by atoms with Gasteiger partial charge in [-0.05, 0) is 19.1 Å². The summed E-state index contributed by atoms with van der Waals surface area (Å²) in [6, 6.07) is 9.80. The lowest BCUT2D eigenvalue weighted by atomic mass is 10.2. The molecule has 1 fully saturated rings. The molecule has 1 amide bonds. The van der Waals surface area contributed by atoms with Gasteiger partial charge < -0.3 is 9.47 Å². The quantitative estimate of drug-likeness (QED) is 0.802. The molecule has 0 radical (unpaired) electrons. The van der Waals surface area contributed by atoms with Crippen LogP contribution in [0.15, 0.2) is 42.7 Å². The average molecular weight is 341 g/mol. The minimum absolute atomic E-state index is 0.140. The van der Waals surface area contributed by atoms with Crippen molar-refractivity contribution in [3.8, 4) is 0 Å². The fraction of sp³-hybridized carbons (Fsp3) is 0.474. The van der Waals surface area contributed by atoms with Crippen LogP contribution in [-0.2, 0) is 17.9 Å². The number of likely N-dealkylation sites (N-methyl/N-ethyl adjacent to an activating group) is 1. The normalized spacial score (nSPS) is 16.1. The zero-order chi connectivity index (χ0) is 17.6. The van der Waals surface area contributed by atoms with Crippen molar-refractivity contribution in [3.63, 3.8) is 0 Å². The highest BCUT2D eigenvalue weighted by atomic mass is 16.2. The summed E-state index contributed by atoms with van der Waals surface area (Å²) in [5.74, 6) is 1.26. The van der Waals surface area contributed by atoms with Crippen LogP contribution in [0.5, 0.6) is 0 Å². The maximum Gasteiger partial charge on any atom is 0.240 e. The third-order valence-electron chi connectivity index (χ3n) is 4.85. The number of piperazine rings is 1. The predicted molar refractivity (Wildman–Crippen MR) is 99.5 cm³/mol. The monoisotopic (exact) mass is 341 g/mol. The number of amides is 1. The van der Waals surface area contributed by atoms with Gasteiger partial charge in [0, 0.05) is 57.9 Å². The van der Waals surface area contributed by atoms with Crippen molar-refractivity contribution in [3.05, 3.63) is 48.5 Å². The Morgan fingerprint density at radius 3 is 2.48 bits per heavy atom. The van der Waals surface area contributed by atoms with Crippen LogP contribution < -0.4 is 4.90 Å². The van der Waals surface area contributed by atoms with E-state index >= 15 is 0 Å². The zero-order valence-corrected chi connectivity index (χ0v) is 15.1. The Hall–Kier alpha value is -2.18. The maximum absolute atomic E-state index is 12.5. The van der Waals surface area contributed by atoms with Crippen molar-refractivity contribution < 1.29 is 4.79 Å². The standard InChI is InChI=1S/C19H27N5O/c1-3-24-10-9-20-18(24)15-22-11-13-23(14-12-22)16-19(25)21(2)17-7-5-4-6-8-17/h4-10H,3,11-16H2,1-2H3. The summed E-state index contributed by atoms with van der Waals surface area (Å²) in [4.78, 5) is 23.3. The van der Waals surface area contributed by atoms with Crippen molar-refractivity contribution >= 4 is 11.6 Å². The molecule has 2 heterocycles. The van der Waals surface area contributed by atoms with E-state index in [0.29, 0.717) is 6.54 Å². The Labute approximate surface area is 149 Å². The first kappa shape index (κ1) is 17.6. The molecular weight excluding hydrogens is 314 g/mol. The highest BCUT2D eigenvalue weighted by Gasteiger charge is 2.21. The van der Waals surface area contributed by atoms with Gasteiger partial charge in [-0.15, -0.1) is 0 Å². The fourth-order valence-electron chi connectivity index (χ4n) is 3.18. The SMILES string of the molecule is CCn1ccnc1CN1CCN(CC(=O)N(C)c2ccccc2)CC1. The number of imidazole rings is 1. The molecule has 0 N–H and O–H groups in total. The van der Waals surface area contributed by atoms with Gasteiger partial charge in [0.1, 0.15) is 5.82 Å². The minimum Gasteiger partial charge on any atom is -0.334 e. The van der Waals surface area contributed by atoms with Crippen LogP contribution in [0.1, 0.15) is 12.7 Å². The van der Waals surface area contributed by atoms with E-state index in [9.17, 15) is 4.79 Å². The van der Waals surface area contributed by atoms with Crippen LogP contribution in [0.4, 0.5) is 5.69 Å². The van der Waals surface area contributed by atoms with E-state index in [4.69, 9.17) is 0 Å². The number of carbonyl (C=O) groups is 1. The van der Waals surface area contributed by atoms with E-state index in [1.165, 1.54) is 0 Å². The predicted octanol–water partition coefficient (Wildman–Crippen LogP) is 1.68. The van der Waals surface area contributed by atoms with Crippen LogP contribution in [-0.4, -0.2) is 65.0 Å². The van der Waals surface area contributed by atoms with E-state index in [1.54, 1.807) is 4.90 Å². The average Bonchev–Trinajstić information content (AvgIpc) is 3.10. The molecule has 0 saturated carbocycles. The van der Waals surface area contributed by atoms with Gasteiger partial charge in [0.15, 0.2) is 0 Å². The second kappa shape index (κ2) is 8.27. The molecule has 1 aliphatic heterocycles. The van der Waals surface area contributed by atoms with Gasteiger partial charge in [-0.1, -0.05) is 18.2 Å². The summed E-state index contributed by atoms with van der Waals surface area (Å²) in [5.41, 5.74) is 0.942. The van der Waals surface area contributed by atoms with Crippen molar-refractivity contribution in [1.29, 1.82) is 0 Å². The molecule has 25 heavy (non-hydrogen) atoms. The molecule has 0 unspecified atom stereocenters. The highest BCUT2D eigenvalue weighted by molar-refractivity contribution is 5.94. The Bertz CT molecular complexity index is 676. The number of hydrogen-bond donors (Lipinski definition) is 0. The first-order valence-electron chi connectivity index (χ1n) is 8.93. The summed E-state index contributed by atoms with van der Waals surface area (Å²) >= 11 is 0. The topological polar surface area (TPSA) is 44.6 Å². The molecule has 6 heteroatoms. The van der Waals surface area contributed by atoms with Crippen LogP contribution in [0.3, 0.4) is 0 Å². The number of benzene rings is 1. The van der Waals surface area contributed by atoms with Crippen molar-refractivity contribution in [2.75, 3.05) is 44.7 Å². The lowest BCUT2D eigenvalue weighted by molar-refractivity contribution is -0.119. The zero-order valence-electron chi connectivity index (χ0n) is 15.1. The molecule has 0 bridgehead atoms. The van der Waals surface area contributed by atoms with E-state index in [0.717, 1.165) is 50.8 Å². The van der Waals surface area contributed by atoms with Gasteiger partial charge >= 0.3 is 0 Å². The molecule has 1 saturated heterocycles. The number of carbonyl (C=O) groups excluding carboxylic acids is 1. The van der Waals surface area contributed by atoms with Gasteiger partial charge in [0.2, 0.25) is 5.91 Å². The Kier molecular flexibility index (Phi) is 5.83. The number of nitrogens with zero attached hydrogens (tertiary/aromatic N) is 5. The van der Waals surface area contributed by atoms with Gasteiger partial charge in [0.25, 0.3) is 0 Å². The molecule has 1 aliphatic rings. The van der Waals surface area contributed by atoms with E-state index in [-0.39, 0.29) is 5.91 Å². The number of rotatable bonds is 6. The molecule has 134 valence electrons. The minimum atomic E-state index is 0.140. The molecule has 1 aromatic carbocycles. The van der Waals surface area contributed by atoms with Crippen LogP contribution in [0.2, 0.25) is 0 Å². The smallest absolute Gasteiger partial charge is 0.240 e. The van der Waals surface area contributed by atoms with Gasteiger partial charge in [-0.3, -0.25) is 14.6 Å². The highest BCUT2D eigenvalue weighted by Crippen LogP contribution is 2.12. The van der Waals surface area contributed by atoms with E-state index in [1.807, 2.05) is 49.8 Å². The summed E-state index contributed by atoms with van der Waals surface area (Å²) in [5, 5.41) is 0. The van der Waals surface area contributed by atoms with Crippen molar-refractivity contribution in [1.82, 2.24) is 19.4 Å². The Morgan fingerprint density at radius 2 is 1.80 bits per heavy atom. The number of aromatic nitrogens is 2. The Balaban J connectivity index is 1.47. The Morgan fingerprint density at radius 1 is 1.12 bits per heavy atom. The number of anilines is 1. The second-order valence-electron chi connectivity index (χ2n) is 6.47. The molecular formula is C19H27N5O. The lowest BCUT2D eigenvalue weighted by Crippen LogP contribution is -2.49. The first-order valence-corrected chi connectivity index (χ1v) is 8.93. The molecule has 0 spiro atoms. The summed E-state index contributed by atoms with van der Waals surface area (Å²) < 4.78 is 2.19. The third kappa shape index (κ3) is 4.46. The van der Waals surface area contributed by atoms with Crippen LogP contribution in [0.25, 0.3) is 0 Å². The van der Waals surface area contributed by atoms with Gasteiger partial charge in [-0.25, -0.2) is 4.98 Å². The molecule has 6 nitrogen and oxygen atoms in total. The third-order valence-corrected chi connectivity index (χ3v) is 4.85. The molecule has 1 aromatic heterocycles. The van der Waals surface area contributed by atoms with Crippen molar-refractivity contribution in [2.24, 2.45) is 0 Å². The maximum atomic E-state index is 12.5. The second-order valence-corrected chi connectivity index (χ2v) is 6.47.